The van der Waals surface area contributed by atoms with Crippen LogP contribution in [0.5, 0.6) is 0 Å². The van der Waals surface area contributed by atoms with Gasteiger partial charge in [0.15, 0.2) is 0 Å². The van der Waals surface area contributed by atoms with Gasteiger partial charge in [-0.1, -0.05) is 30.3 Å². The normalized spacial score (nSPS) is 14.0. The van der Waals surface area contributed by atoms with Gasteiger partial charge in [0.2, 0.25) is 0 Å². The number of carbonyl (C=O) groups is 1. The first-order chi connectivity index (χ1) is 16.0. The van der Waals surface area contributed by atoms with Crippen LogP contribution >= 0.6 is 0 Å². The van der Waals surface area contributed by atoms with Crippen molar-refractivity contribution in [1.29, 1.82) is 0 Å². The molecule has 0 aromatic heterocycles. The van der Waals surface area contributed by atoms with Gasteiger partial charge in [-0.15, -0.1) is 0 Å². The van der Waals surface area contributed by atoms with E-state index >= 15 is 0 Å². The van der Waals surface area contributed by atoms with Crippen molar-refractivity contribution in [1.82, 2.24) is 0 Å². The van der Waals surface area contributed by atoms with Crippen molar-refractivity contribution in [2.75, 3.05) is 47.4 Å². The van der Waals surface area contributed by atoms with Crippen LogP contribution in [0.3, 0.4) is 0 Å². The van der Waals surface area contributed by atoms with E-state index in [0.29, 0.717) is 36.7 Å². The molecule has 0 spiro atoms. The quantitative estimate of drug-likeness (QED) is 0.571. The highest BCUT2D eigenvalue weighted by Gasteiger charge is 2.24. The third-order valence-corrected chi connectivity index (χ3v) is 7.46. The van der Waals surface area contributed by atoms with Gasteiger partial charge in [0.1, 0.15) is 0 Å². The average Bonchev–Trinajstić information content (AvgIpc) is 2.86. The number of nitrogens with one attached hydrogen (secondary N) is 1. The zero-order valence-electron chi connectivity index (χ0n) is 18.5. The molecule has 1 amide bonds. The molecular formula is C25H27N3O4S. The van der Waals surface area contributed by atoms with Gasteiger partial charge >= 0.3 is 0 Å². The fraction of sp³-hybridized carbons (Fsp3) is 0.240. The van der Waals surface area contributed by atoms with Crippen LogP contribution in [0.15, 0.2) is 83.8 Å². The first kappa shape index (κ1) is 22.8. The fourth-order valence-corrected chi connectivity index (χ4v) is 5.32. The van der Waals surface area contributed by atoms with E-state index < -0.39 is 10.0 Å². The molecule has 0 unspecified atom stereocenters. The summed E-state index contributed by atoms with van der Waals surface area (Å²) in [6, 6.07) is 22.6. The van der Waals surface area contributed by atoms with E-state index in [1.54, 1.807) is 43.3 Å². The molecule has 3 aromatic carbocycles. The molecule has 1 aliphatic rings. The van der Waals surface area contributed by atoms with E-state index in [2.05, 4.69) is 10.2 Å². The second kappa shape index (κ2) is 10.1. The number of hydrogen-bond donors (Lipinski definition) is 1. The Morgan fingerprint density at radius 3 is 2.24 bits per heavy atom. The van der Waals surface area contributed by atoms with Crippen LogP contribution < -0.4 is 14.5 Å². The lowest BCUT2D eigenvalue weighted by atomic mass is 10.2. The summed E-state index contributed by atoms with van der Waals surface area (Å²) < 4.78 is 33.1. The molecule has 0 radical (unpaired) electrons. The SMILES string of the molecule is CCN(c1ccccc1)S(=O)(=O)c1ccc(C(=O)Nc2ccccc2N2CCOCC2)cc1. The van der Waals surface area contributed by atoms with Crippen LogP contribution in [0.25, 0.3) is 0 Å². The van der Waals surface area contributed by atoms with E-state index in [0.717, 1.165) is 18.8 Å². The first-order valence-electron chi connectivity index (χ1n) is 10.9. The van der Waals surface area contributed by atoms with E-state index in [9.17, 15) is 13.2 Å². The van der Waals surface area contributed by atoms with Crippen molar-refractivity contribution in [3.05, 3.63) is 84.4 Å². The molecule has 0 bridgehead atoms. The van der Waals surface area contributed by atoms with Crippen molar-refractivity contribution < 1.29 is 17.9 Å². The predicted molar refractivity (Wildman–Crippen MR) is 131 cm³/mol. The number of morpholine rings is 1. The molecule has 1 aliphatic heterocycles. The second-order valence-corrected chi connectivity index (χ2v) is 9.46. The number of ether oxygens (including phenoxy) is 1. The molecule has 0 aliphatic carbocycles. The lowest BCUT2D eigenvalue weighted by Crippen LogP contribution is -2.36. The third kappa shape index (κ3) is 5.02. The molecule has 1 fully saturated rings. The summed E-state index contributed by atoms with van der Waals surface area (Å²) in [6.07, 6.45) is 0. The number of hydrogen-bond acceptors (Lipinski definition) is 5. The molecule has 4 rings (SSSR count). The van der Waals surface area contributed by atoms with Crippen LogP contribution in [0, 0.1) is 0 Å². The number of rotatable bonds is 7. The van der Waals surface area contributed by atoms with E-state index in [-0.39, 0.29) is 10.8 Å². The van der Waals surface area contributed by atoms with Gasteiger partial charge in [-0.2, -0.15) is 0 Å². The summed E-state index contributed by atoms with van der Waals surface area (Å²) >= 11 is 0. The average molecular weight is 466 g/mol. The smallest absolute Gasteiger partial charge is 0.264 e. The van der Waals surface area contributed by atoms with Gasteiger partial charge in [0.05, 0.1) is 35.2 Å². The van der Waals surface area contributed by atoms with E-state index in [1.807, 2.05) is 30.3 Å². The van der Waals surface area contributed by atoms with Gasteiger partial charge in [-0.25, -0.2) is 8.42 Å². The largest absolute Gasteiger partial charge is 0.378 e. The highest BCUT2D eigenvalue weighted by molar-refractivity contribution is 7.92. The summed E-state index contributed by atoms with van der Waals surface area (Å²) in [5.41, 5.74) is 2.63. The minimum absolute atomic E-state index is 0.137. The van der Waals surface area contributed by atoms with Crippen LogP contribution in [-0.4, -0.2) is 47.2 Å². The summed E-state index contributed by atoms with van der Waals surface area (Å²) in [5, 5.41) is 2.96. The number of amides is 1. The van der Waals surface area contributed by atoms with Crippen molar-refractivity contribution >= 4 is 33.0 Å². The van der Waals surface area contributed by atoms with Gasteiger partial charge in [-0.3, -0.25) is 9.10 Å². The minimum Gasteiger partial charge on any atom is -0.378 e. The van der Waals surface area contributed by atoms with Crippen molar-refractivity contribution in [3.63, 3.8) is 0 Å². The van der Waals surface area contributed by atoms with Gasteiger partial charge in [0, 0.05) is 25.2 Å². The molecule has 1 saturated heterocycles. The number of nitrogens with zero attached hydrogens (tertiary/aromatic N) is 2. The Hall–Kier alpha value is -3.36. The molecule has 3 aromatic rings. The third-order valence-electron chi connectivity index (χ3n) is 5.54. The van der Waals surface area contributed by atoms with Crippen LogP contribution in [0.4, 0.5) is 17.1 Å². The molecule has 33 heavy (non-hydrogen) atoms. The van der Waals surface area contributed by atoms with Gasteiger partial charge in [-0.05, 0) is 55.5 Å². The summed E-state index contributed by atoms with van der Waals surface area (Å²) in [6.45, 7) is 4.90. The maximum absolute atomic E-state index is 13.2. The minimum atomic E-state index is -3.74. The van der Waals surface area contributed by atoms with Crippen LogP contribution in [0.1, 0.15) is 17.3 Å². The van der Waals surface area contributed by atoms with E-state index in [1.165, 1.54) is 16.4 Å². The molecular weight excluding hydrogens is 438 g/mol. The zero-order chi connectivity index (χ0) is 23.3. The number of benzene rings is 3. The maximum Gasteiger partial charge on any atom is 0.264 e. The number of sulfonamides is 1. The molecule has 1 N–H and O–H groups in total. The lowest BCUT2D eigenvalue weighted by molar-refractivity contribution is 0.102. The van der Waals surface area contributed by atoms with Gasteiger partial charge < -0.3 is 15.0 Å². The van der Waals surface area contributed by atoms with Crippen LogP contribution in [0.2, 0.25) is 0 Å². The Kier molecular flexibility index (Phi) is 6.96. The zero-order valence-corrected chi connectivity index (χ0v) is 19.3. The maximum atomic E-state index is 13.2. The lowest BCUT2D eigenvalue weighted by Gasteiger charge is -2.30. The number of para-hydroxylation sites is 3. The Morgan fingerprint density at radius 1 is 0.939 bits per heavy atom. The van der Waals surface area contributed by atoms with Crippen molar-refractivity contribution in [3.8, 4) is 0 Å². The fourth-order valence-electron chi connectivity index (χ4n) is 3.84. The molecule has 0 saturated carbocycles. The summed E-state index contributed by atoms with van der Waals surface area (Å²) in [7, 11) is -3.74. The molecule has 8 heteroatoms. The Morgan fingerprint density at radius 2 is 1.58 bits per heavy atom. The standard InChI is InChI=1S/C25H27N3O4S/c1-2-28(21-8-4-3-5-9-21)33(30,31)22-14-12-20(13-15-22)25(29)26-23-10-6-7-11-24(23)27-16-18-32-19-17-27/h3-15H,2,16-19H2,1H3,(H,26,29). The van der Waals surface area contributed by atoms with Gasteiger partial charge in [0.25, 0.3) is 15.9 Å². The highest BCUT2D eigenvalue weighted by atomic mass is 32.2. The molecule has 172 valence electrons. The monoisotopic (exact) mass is 465 g/mol. The number of anilines is 3. The molecule has 0 atom stereocenters. The Labute approximate surface area is 194 Å². The molecule has 7 nitrogen and oxygen atoms in total. The topological polar surface area (TPSA) is 79.0 Å². The van der Waals surface area contributed by atoms with Crippen molar-refractivity contribution in [2.24, 2.45) is 0 Å². The highest BCUT2D eigenvalue weighted by Crippen LogP contribution is 2.27. The number of carbonyl (C=O) groups excluding carboxylic acids is 1. The summed E-state index contributed by atoms with van der Waals surface area (Å²) in [4.78, 5) is 15.2. The first-order valence-corrected chi connectivity index (χ1v) is 12.4. The summed E-state index contributed by atoms with van der Waals surface area (Å²) in [5.74, 6) is -0.296. The van der Waals surface area contributed by atoms with E-state index in [4.69, 9.17) is 4.74 Å². The van der Waals surface area contributed by atoms with Crippen molar-refractivity contribution in [2.45, 2.75) is 11.8 Å². The Bertz CT molecular complexity index is 1190. The molecule has 1 heterocycles. The Balaban J connectivity index is 1.52. The second-order valence-electron chi connectivity index (χ2n) is 7.60. The van der Waals surface area contributed by atoms with Crippen LogP contribution in [-0.2, 0) is 14.8 Å². The predicted octanol–water partition coefficient (Wildman–Crippen LogP) is 3.99.